The van der Waals surface area contributed by atoms with Gasteiger partial charge in [0.05, 0.1) is 30.3 Å². The third-order valence-corrected chi connectivity index (χ3v) is 5.73. The zero-order chi connectivity index (χ0) is 25.5. The van der Waals surface area contributed by atoms with Gasteiger partial charge >= 0.3 is 5.97 Å². The molecule has 2 aromatic carbocycles. The van der Waals surface area contributed by atoms with Crippen LogP contribution in [0.1, 0.15) is 62.0 Å². The number of carboxylic acids is 1. The summed E-state index contributed by atoms with van der Waals surface area (Å²) < 4.78 is 25.7. The highest BCUT2D eigenvalue weighted by molar-refractivity contribution is 5.97. The lowest BCUT2D eigenvalue weighted by Gasteiger charge is -2.26. The van der Waals surface area contributed by atoms with Gasteiger partial charge in [-0.2, -0.15) is 0 Å². The van der Waals surface area contributed by atoms with Crippen LogP contribution < -0.4 is 9.47 Å². The van der Waals surface area contributed by atoms with Crippen molar-refractivity contribution in [1.82, 2.24) is 0 Å². The molecule has 0 radical (unpaired) electrons. The van der Waals surface area contributed by atoms with E-state index in [0.29, 0.717) is 29.7 Å². The molecule has 0 spiro atoms. The third kappa shape index (κ3) is 6.70. The topological polar surface area (TPSA) is 113 Å². The molecule has 0 amide bonds. The van der Waals surface area contributed by atoms with Gasteiger partial charge in [0.25, 0.3) is 0 Å². The fourth-order valence-electron chi connectivity index (χ4n) is 3.36. The highest BCUT2D eigenvalue weighted by atomic mass is 19.1. The zero-order valence-electron chi connectivity index (χ0n) is 20.1. The molecule has 0 saturated heterocycles. The van der Waals surface area contributed by atoms with Crippen molar-refractivity contribution in [3.63, 3.8) is 0 Å². The first-order chi connectivity index (χ1) is 16.0. The van der Waals surface area contributed by atoms with E-state index in [1.165, 1.54) is 39.0 Å². The minimum atomic E-state index is -1.36. The third-order valence-electron chi connectivity index (χ3n) is 5.73. The summed E-state index contributed by atoms with van der Waals surface area (Å²) in [6.45, 7) is 6.65. The van der Waals surface area contributed by atoms with Gasteiger partial charge in [-0.15, -0.1) is 0 Å². The molecular formula is C26H33FO7. The fraction of sp³-hybridized carbons (Fsp3) is 0.462. The average molecular weight is 477 g/mol. The lowest BCUT2D eigenvalue weighted by atomic mass is 9.83. The van der Waals surface area contributed by atoms with Gasteiger partial charge in [-0.3, -0.25) is 9.59 Å². The number of carbonyl (C=O) groups excluding carboxylic acids is 1. The molecule has 0 fully saturated rings. The number of hydrogen-bond acceptors (Lipinski definition) is 6. The molecule has 1 unspecified atom stereocenters. The molecule has 186 valence electrons. The molecule has 0 aliphatic heterocycles. The second-order valence-corrected chi connectivity index (χ2v) is 8.81. The molecule has 0 bridgehead atoms. The van der Waals surface area contributed by atoms with Gasteiger partial charge in [0.2, 0.25) is 0 Å². The quantitative estimate of drug-likeness (QED) is 0.287. The number of aliphatic carboxylic acids is 1. The normalized spacial score (nSPS) is 12.3. The minimum Gasteiger partial charge on any atom is -0.507 e. The number of rotatable bonds is 13. The minimum absolute atomic E-state index is 0.000301. The molecule has 34 heavy (non-hydrogen) atoms. The van der Waals surface area contributed by atoms with Crippen molar-refractivity contribution in [3.8, 4) is 17.2 Å². The molecule has 8 heteroatoms. The number of carboxylic acid groups (broad SMARTS) is 1. The predicted octanol–water partition coefficient (Wildman–Crippen LogP) is 4.55. The number of phenolic OH excluding ortho intramolecular Hbond substituents is 1. The number of ketones is 1. The summed E-state index contributed by atoms with van der Waals surface area (Å²) in [6, 6.07) is 7.47. The van der Waals surface area contributed by atoms with Crippen LogP contribution in [0, 0.1) is 11.2 Å². The second-order valence-electron chi connectivity index (χ2n) is 8.81. The van der Waals surface area contributed by atoms with Crippen LogP contribution in [0.5, 0.6) is 17.2 Å². The number of aromatic hydroxyl groups is 1. The first-order valence-corrected chi connectivity index (χ1v) is 11.3. The van der Waals surface area contributed by atoms with Crippen LogP contribution in [-0.2, 0) is 17.6 Å². The van der Waals surface area contributed by atoms with Crippen molar-refractivity contribution in [2.24, 2.45) is 5.41 Å². The van der Waals surface area contributed by atoms with E-state index in [-0.39, 0.29) is 42.5 Å². The number of hydrogen-bond donors (Lipinski definition) is 3. The highest BCUT2D eigenvalue weighted by Crippen LogP contribution is 2.33. The molecule has 2 aromatic rings. The summed E-state index contributed by atoms with van der Waals surface area (Å²) in [6.07, 6.45) is 0.617. The van der Waals surface area contributed by atoms with Gasteiger partial charge in [0, 0.05) is 12.0 Å². The van der Waals surface area contributed by atoms with E-state index in [1.54, 1.807) is 12.1 Å². The van der Waals surface area contributed by atoms with Crippen molar-refractivity contribution in [1.29, 1.82) is 0 Å². The summed E-state index contributed by atoms with van der Waals surface area (Å²) in [5.74, 6) is -1.46. The summed E-state index contributed by atoms with van der Waals surface area (Å²) in [5.41, 5.74) is -0.0402. The number of aliphatic hydroxyl groups excluding tert-OH is 1. The summed E-state index contributed by atoms with van der Waals surface area (Å²) in [4.78, 5) is 22.9. The van der Waals surface area contributed by atoms with E-state index < -0.39 is 23.3 Å². The molecular weight excluding hydrogens is 443 g/mol. The molecule has 0 saturated carbocycles. The predicted molar refractivity (Wildman–Crippen MR) is 125 cm³/mol. The van der Waals surface area contributed by atoms with Crippen LogP contribution in [0.4, 0.5) is 4.39 Å². The Morgan fingerprint density at radius 2 is 1.71 bits per heavy atom. The van der Waals surface area contributed by atoms with Gasteiger partial charge in [-0.1, -0.05) is 19.4 Å². The Bertz CT molecular complexity index is 1020. The Hall–Kier alpha value is -3.13. The first-order valence-electron chi connectivity index (χ1n) is 11.3. The maximum atomic E-state index is 14.4. The summed E-state index contributed by atoms with van der Waals surface area (Å²) in [5, 5.41) is 29.8. The Labute approximate surface area is 199 Å². The number of Topliss-reactive ketones (excluding diaryl/α,β-unsaturated/α-hetero) is 1. The molecule has 0 aliphatic carbocycles. The van der Waals surface area contributed by atoms with E-state index in [1.807, 2.05) is 6.92 Å². The van der Waals surface area contributed by atoms with Gasteiger partial charge in [0.1, 0.15) is 11.5 Å². The Morgan fingerprint density at radius 3 is 2.26 bits per heavy atom. The fourth-order valence-corrected chi connectivity index (χ4v) is 3.36. The van der Waals surface area contributed by atoms with Crippen LogP contribution in [0.15, 0.2) is 30.3 Å². The summed E-state index contributed by atoms with van der Waals surface area (Å²) in [7, 11) is 0. The van der Waals surface area contributed by atoms with Gasteiger partial charge in [-0.05, 0) is 63.4 Å². The zero-order valence-corrected chi connectivity index (χ0v) is 20.1. The molecule has 7 nitrogen and oxygen atoms in total. The van der Waals surface area contributed by atoms with E-state index >= 15 is 0 Å². The number of aliphatic hydroxyl groups is 1. The van der Waals surface area contributed by atoms with Crippen molar-refractivity contribution < 1.29 is 38.8 Å². The standard InChI is InChI=1S/C26H33FO7/c1-5-7-19-21(11-9-18(16(2)28)24(19)30)33-12-6-13-34-22-10-8-17(14-20(22)27)15-23(29)26(3,4)25(31)32/h8-11,14,23,29-30H,5-7,12-13,15H2,1-4H3,(H,31,32). The van der Waals surface area contributed by atoms with Crippen LogP contribution in [0.2, 0.25) is 0 Å². The Morgan fingerprint density at radius 1 is 1.09 bits per heavy atom. The smallest absolute Gasteiger partial charge is 0.311 e. The molecule has 0 aromatic heterocycles. The number of benzene rings is 2. The van der Waals surface area contributed by atoms with E-state index in [2.05, 4.69) is 0 Å². The summed E-state index contributed by atoms with van der Waals surface area (Å²) >= 11 is 0. The molecule has 0 aliphatic rings. The van der Waals surface area contributed by atoms with Crippen LogP contribution in [0.25, 0.3) is 0 Å². The molecule has 3 N–H and O–H groups in total. The number of ether oxygens (including phenoxy) is 2. The Kier molecular flexibility index (Phi) is 9.44. The van der Waals surface area contributed by atoms with Gasteiger partial charge in [-0.25, -0.2) is 4.39 Å². The number of phenols is 1. The monoisotopic (exact) mass is 476 g/mol. The van der Waals surface area contributed by atoms with Crippen molar-refractivity contribution in [2.75, 3.05) is 13.2 Å². The number of halogens is 1. The average Bonchev–Trinajstić information content (AvgIpc) is 2.76. The van der Waals surface area contributed by atoms with Crippen molar-refractivity contribution >= 4 is 11.8 Å². The molecule has 0 heterocycles. The Balaban J connectivity index is 1.91. The molecule has 1 atom stereocenters. The van der Waals surface area contributed by atoms with E-state index in [0.717, 1.165) is 6.42 Å². The SMILES string of the molecule is CCCc1c(OCCCOc2ccc(CC(O)C(C)(C)C(=O)O)cc2F)ccc(C(C)=O)c1O. The van der Waals surface area contributed by atoms with E-state index in [9.17, 15) is 29.3 Å². The molecule has 2 rings (SSSR count). The van der Waals surface area contributed by atoms with Crippen LogP contribution in [0.3, 0.4) is 0 Å². The van der Waals surface area contributed by atoms with Crippen molar-refractivity contribution in [2.45, 2.75) is 59.5 Å². The largest absolute Gasteiger partial charge is 0.507 e. The maximum absolute atomic E-state index is 14.4. The van der Waals surface area contributed by atoms with Gasteiger partial charge < -0.3 is 24.8 Å². The maximum Gasteiger partial charge on any atom is 0.311 e. The highest BCUT2D eigenvalue weighted by Gasteiger charge is 2.35. The first kappa shape index (κ1) is 27.1. The van der Waals surface area contributed by atoms with Crippen LogP contribution in [-0.4, -0.2) is 46.4 Å². The van der Waals surface area contributed by atoms with Gasteiger partial charge in [0.15, 0.2) is 17.3 Å². The van der Waals surface area contributed by atoms with E-state index in [4.69, 9.17) is 9.47 Å². The lowest BCUT2D eigenvalue weighted by Crippen LogP contribution is -2.38. The second kappa shape index (κ2) is 11.8. The van der Waals surface area contributed by atoms with Crippen molar-refractivity contribution in [3.05, 3.63) is 52.8 Å². The van der Waals surface area contributed by atoms with Crippen LogP contribution >= 0.6 is 0 Å². The number of carbonyl (C=O) groups is 2. The lowest BCUT2D eigenvalue weighted by molar-refractivity contribution is -0.153.